The fourth-order valence-corrected chi connectivity index (χ4v) is 27.4. The fourth-order valence-electron chi connectivity index (χ4n) is 27.4. The van der Waals surface area contributed by atoms with Crippen LogP contribution in [0.5, 0.6) is 23.0 Å². The highest BCUT2D eigenvalue weighted by atomic mass is 16.5. The van der Waals surface area contributed by atoms with E-state index in [1.165, 1.54) is 188 Å². The molecule has 0 heterocycles. The van der Waals surface area contributed by atoms with Gasteiger partial charge in [-0.3, -0.25) is 0 Å². The van der Waals surface area contributed by atoms with Crippen LogP contribution in [0.25, 0.3) is 0 Å². The van der Waals surface area contributed by atoms with Crippen molar-refractivity contribution in [1.82, 2.24) is 0 Å². The van der Waals surface area contributed by atoms with Crippen molar-refractivity contribution < 1.29 is 29.3 Å². The third-order valence-electron chi connectivity index (χ3n) is 24.7. The zero-order valence-electron chi connectivity index (χ0n) is 46.4. The van der Waals surface area contributed by atoms with Crippen LogP contribution < -0.4 is 9.47 Å². The summed E-state index contributed by atoms with van der Waals surface area (Å²) in [6.07, 6.45) is 29.7. The molecule has 3 aromatic rings. The Balaban J connectivity index is 1.14. The number of carboxylic acids is 2. The average Bonchev–Trinajstić information content (AvgIpc) is 3.44. The Morgan fingerprint density at radius 2 is 0.541 bits per heavy atom. The first-order chi connectivity index (χ1) is 34.7. The normalized spacial score (nSPS) is 49.2. The summed E-state index contributed by atoms with van der Waals surface area (Å²) in [6, 6.07) is 15.1. The second-order valence-electron chi connectivity index (χ2n) is 33.7. The van der Waals surface area contributed by atoms with E-state index in [1.807, 2.05) is 24.3 Å². The average molecular weight is 999 g/mol. The minimum atomic E-state index is -0.905. The summed E-state index contributed by atoms with van der Waals surface area (Å²) < 4.78 is 16.7. The first kappa shape index (κ1) is 47.4. The highest BCUT2D eigenvalue weighted by molar-refractivity contribution is 5.88. The summed E-state index contributed by atoms with van der Waals surface area (Å²) in [5.41, 5.74) is 7.98. The first-order valence-electron chi connectivity index (χ1n) is 29.9. The van der Waals surface area contributed by atoms with E-state index in [2.05, 4.69) is 55.4 Å². The van der Waals surface area contributed by atoms with Gasteiger partial charge in [-0.1, -0.05) is 55.4 Å². The van der Waals surface area contributed by atoms with E-state index < -0.39 is 11.9 Å². The van der Waals surface area contributed by atoms with Crippen LogP contribution in [0.2, 0.25) is 0 Å². The van der Waals surface area contributed by atoms with Crippen molar-refractivity contribution in [2.75, 3.05) is 0 Å². The van der Waals surface area contributed by atoms with Gasteiger partial charge in [-0.25, -0.2) is 9.59 Å². The molecule has 0 radical (unpaired) electrons. The lowest BCUT2D eigenvalue weighted by atomic mass is 9.34. The van der Waals surface area contributed by atoms with Gasteiger partial charge in [0.05, 0.1) is 11.1 Å². The number of rotatable bonds is 10. The largest absolute Gasteiger partial charge is 0.478 e. The maximum atomic E-state index is 12.6. The minimum absolute atomic E-state index is 0.131. The van der Waals surface area contributed by atoms with E-state index in [-0.39, 0.29) is 65.0 Å². The molecule has 16 saturated carbocycles. The summed E-state index contributed by atoms with van der Waals surface area (Å²) in [6.45, 7) is 21.3. The molecule has 3 aromatic carbocycles. The van der Waals surface area contributed by atoms with Gasteiger partial charge < -0.3 is 19.7 Å². The Hall–Kier alpha value is -3.80. The number of carboxylic acid groups (broad SMARTS) is 2. The van der Waals surface area contributed by atoms with Gasteiger partial charge in [-0.2, -0.15) is 0 Å². The van der Waals surface area contributed by atoms with Crippen LogP contribution in [-0.2, 0) is 21.7 Å². The Labute approximate surface area is 442 Å². The molecule has 0 spiro atoms. The number of aromatic carboxylic acids is 2. The molecule has 6 nitrogen and oxygen atoms in total. The van der Waals surface area contributed by atoms with E-state index in [1.54, 1.807) is 24.3 Å². The molecule has 74 heavy (non-hydrogen) atoms. The fraction of sp³-hybridized carbons (Fsp3) is 0.706. The van der Waals surface area contributed by atoms with Crippen molar-refractivity contribution in [2.45, 2.75) is 231 Å². The van der Waals surface area contributed by atoms with Crippen molar-refractivity contribution >= 4 is 11.9 Å². The van der Waals surface area contributed by atoms with Gasteiger partial charge in [0.15, 0.2) is 0 Å². The van der Waals surface area contributed by atoms with E-state index in [9.17, 15) is 19.8 Å². The molecule has 16 aliphatic rings. The number of carbonyl (C=O) groups is 2. The molecule has 0 aromatic heterocycles. The van der Waals surface area contributed by atoms with E-state index in [0.29, 0.717) is 34.8 Å². The third-order valence-corrected chi connectivity index (χ3v) is 24.7. The molecule has 16 fully saturated rings. The van der Waals surface area contributed by atoms with Crippen LogP contribution in [0.4, 0.5) is 0 Å². The summed E-state index contributed by atoms with van der Waals surface area (Å²) in [5, 5.41) is 20.6. The first-order valence-corrected chi connectivity index (χ1v) is 29.9. The SMILES string of the molecule is CC12CC3CC(C)(C1)CC(c1c(Oc4ccc(C(=O)O)cc4)c(C45CC6CC(C)(CC(C)(C6)C4)C5)c(C45CC6CC(C)(CC(C)(C6)C4)C5)c(Oc4ccc(C(=O)O)cc4)c1C14CC5CC(C)(CC(C)(C5)C1)C4)(C3)C2. The number of benzene rings is 3. The summed E-state index contributed by atoms with van der Waals surface area (Å²) in [7, 11) is 0. The third kappa shape index (κ3) is 6.84. The smallest absolute Gasteiger partial charge is 0.335 e. The lowest BCUT2D eigenvalue weighted by Crippen LogP contribution is -2.61. The van der Waals surface area contributed by atoms with Crippen LogP contribution in [0.3, 0.4) is 0 Å². The van der Waals surface area contributed by atoms with Gasteiger partial charge in [0.1, 0.15) is 23.0 Å². The summed E-state index contributed by atoms with van der Waals surface area (Å²) in [5.74, 6) is 4.74. The quantitative estimate of drug-likeness (QED) is 0.210. The lowest BCUT2D eigenvalue weighted by molar-refractivity contribution is -0.123. The number of hydrogen-bond donors (Lipinski definition) is 2. The molecule has 0 aliphatic heterocycles. The summed E-state index contributed by atoms with van der Waals surface area (Å²) in [4.78, 5) is 25.2. The van der Waals surface area contributed by atoms with Crippen LogP contribution in [0.15, 0.2) is 48.5 Å². The Bertz CT molecular complexity index is 2550. The molecule has 0 amide bonds. The van der Waals surface area contributed by atoms with Crippen molar-refractivity contribution in [3.8, 4) is 23.0 Å². The lowest BCUT2D eigenvalue weighted by Gasteiger charge is -2.70. The maximum Gasteiger partial charge on any atom is 0.335 e. The van der Waals surface area contributed by atoms with Crippen LogP contribution in [0, 0.1) is 67.0 Å². The highest BCUT2D eigenvalue weighted by Gasteiger charge is 2.71. The second-order valence-corrected chi connectivity index (χ2v) is 33.7. The molecule has 19 rings (SSSR count). The van der Waals surface area contributed by atoms with Gasteiger partial charge in [0.2, 0.25) is 0 Å². The van der Waals surface area contributed by atoms with E-state index in [4.69, 9.17) is 9.47 Å². The van der Waals surface area contributed by atoms with Gasteiger partial charge in [0, 0.05) is 43.9 Å². The maximum absolute atomic E-state index is 12.6. The highest BCUT2D eigenvalue weighted by Crippen LogP contribution is 2.81. The standard InChI is InChI=1S/C68H86O6/c1-57-17-41-18-58(2,29-57)34-65(25-41,33-57)49-50(66-26-42-19-59(3,35-66)30-60(4,20-42)36-66)54(74-48-15-11-46(12-16-48)56(71)72)52(68-28-44-23-63(7,39-68)32-64(8,24-44)40-68)51(53(49)73-47-13-9-45(10-14-47)55(69)70)67-27-43-21-61(5,37-67)31-62(6,22-43)38-67/h9-16,41-44H,17-40H2,1-8H3,(H,69,70)(H,71,72). The molecule has 16 bridgehead atoms. The molecule has 0 saturated heterocycles. The summed E-state index contributed by atoms with van der Waals surface area (Å²) >= 11 is 0. The molecule has 394 valence electrons. The zero-order valence-corrected chi connectivity index (χ0v) is 46.4. The molecular weight excluding hydrogens is 913 g/mol. The monoisotopic (exact) mass is 999 g/mol. The van der Waals surface area contributed by atoms with E-state index in [0.717, 1.165) is 11.5 Å². The van der Waals surface area contributed by atoms with Gasteiger partial charge in [-0.15, -0.1) is 0 Å². The minimum Gasteiger partial charge on any atom is -0.478 e. The zero-order chi connectivity index (χ0) is 51.3. The predicted molar refractivity (Wildman–Crippen MR) is 290 cm³/mol. The molecule has 8 atom stereocenters. The van der Waals surface area contributed by atoms with Crippen molar-refractivity contribution in [2.24, 2.45) is 67.0 Å². The van der Waals surface area contributed by atoms with Gasteiger partial charge >= 0.3 is 11.9 Å². The molecule has 16 aliphatic carbocycles. The van der Waals surface area contributed by atoms with E-state index >= 15 is 0 Å². The molecular formula is C68H86O6. The van der Waals surface area contributed by atoms with Crippen molar-refractivity contribution in [3.05, 3.63) is 81.9 Å². The predicted octanol–water partition coefficient (Wildman–Crippen LogP) is 17.7. The Kier molecular flexibility index (Phi) is 9.14. The topological polar surface area (TPSA) is 93.1 Å². The van der Waals surface area contributed by atoms with Gasteiger partial charge in [-0.05, 0) is 270 Å². The van der Waals surface area contributed by atoms with Crippen LogP contribution in [0.1, 0.15) is 252 Å². The van der Waals surface area contributed by atoms with Gasteiger partial charge in [0.25, 0.3) is 0 Å². The second kappa shape index (κ2) is 14.3. The Morgan fingerprint density at radius 3 is 0.716 bits per heavy atom. The van der Waals surface area contributed by atoms with Crippen molar-refractivity contribution in [1.29, 1.82) is 0 Å². The molecule has 8 unspecified atom stereocenters. The number of ether oxygens (including phenoxy) is 2. The van der Waals surface area contributed by atoms with Crippen LogP contribution in [-0.4, -0.2) is 22.2 Å². The number of hydrogen-bond acceptors (Lipinski definition) is 4. The Morgan fingerprint density at radius 1 is 0.338 bits per heavy atom. The van der Waals surface area contributed by atoms with Crippen molar-refractivity contribution in [3.63, 3.8) is 0 Å². The molecule has 6 heteroatoms. The van der Waals surface area contributed by atoms with Crippen LogP contribution >= 0.6 is 0 Å². The molecule has 2 N–H and O–H groups in total.